The van der Waals surface area contributed by atoms with Crippen molar-refractivity contribution in [1.29, 1.82) is 0 Å². The molecule has 9 heavy (non-hydrogen) atoms. The molecule has 0 bridgehead atoms. The Labute approximate surface area is 61.2 Å². The second-order valence-electron chi connectivity index (χ2n) is 1.85. The molecule has 0 saturated carbocycles. The first-order valence-corrected chi connectivity index (χ1v) is 3.76. The summed E-state index contributed by atoms with van der Waals surface area (Å²) in [5, 5.41) is 2.21. The van der Waals surface area contributed by atoms with Gasteiger partial charge in [0, 0.05) is 0 Å². The molecular formula is C6H7BP2. The third-order valence-electron chi connectivity index (χ3n) is 1.17. The molecule has 2 radical (unpaired) electrons. The van der Waals surface area contributed by atoms with Crippen LogP contribution in [-0.2, 0) is 0 Å². The number of benzene rings is 1. The highest BCUT2D eigenvalue weighted by Gasteiger charge is 1.91. The predicted molar refractivity (Wildman–Crippen MR) is 50.5 cm³/mol. The van der Waals surface area contributed by atoms with Gasteiger partial charge in [-0.2, -0.15) is 0 Å². The van der Waals surface area contributed by atoms with Crippen molar-refractivity contribution in [3.05, 3.63) is 18.2 Å². The molecule has 2 atom stereocenters. The van der Waals surface area contributed by atoms with E-state index in [0.29, 0.717) is 0 Å². The first-order valence-electron chi connectivity index (χ1n) is 2.61. The van der Waals surface area contributed by atoms with Gasteiger partial charge >= 0.3 is 0 Å². The average molecular weight is 152 g/mol. The summed E-state index contributed by atoms with van der Waals surface area (Å²) in [5.41, 5.74) is 0.826. The summed E-state index contributed by atoms with van der Waals surface area (Å²) in [6, 6.07) is 5.82. The summed E-state index contributed by atoms with van der Waals surface area (Å²) in [6.07, 6.45) is 0. The SMILES string of the molecule is [B]c1cccc(P)c1P. The molecule has 0 aliphatic rings. The van der Waals surface area contributed by atoms with Crippen molar-refractivity contribution in [3.8, 4) is 0 Å². The molecule has 3 heteroatoms. The highest BCUT2D eigenvalue weighted by atomic mass is 31.0. The molecule has 0 N–H and O–H groups in total. The zero-order valence-corrected chi connectivity index (χ0v) is 7.27. The monoisotopic (exact) mass is 152 g/mol. The lowest BCUT2D eigenvalue weighted by atomic mass is 9.96. The van der Waals surface area contributed by atoms with E-state index in [-0.39, 0.29) is 0 Å². The molecule has 44 valence electrons. The average Bonchev–Trinajstić information content (AvgIpc) is 1.83. The molecule has 0 saturated heterocycles. The van der Waals surface area contributed by atoms with Crippen molar-refractivity contribution < 1.29 is 0 Å². The van der Waals surface area contributed by atoms with E-state index in [9.17, 15) is 0 Å². The Morgan fingerprint density at radius 3 is 2.33 bits per heavy atom. The van der Waals surface area contributed by atoms with Crippen LogP contribution in [-0.4, -0.2) is 7.85 Å². The zero-order valence-electron chi connectivity index (χ0n) is 4.96. The van der Waals surface area contributed by atoms with Crippen LogP contribution in [0.5, 0.6) is 0 Å². The fraction of sp³-hybridized carbons (Fsp3) is 0. The van der Waals surface area contributed by atoms with Crippen molar-refractivity contribution in [2.24, 2.45) is 0 Å². The third-order valence-corrected chi connectivity index (χ3v) is 2.68. The molecule has 0 heterocycles. The van der Waals surface area contributed by atoms with Crippen molar-refractivity contribution in [2.75, 3.05) is 0 Å². The standard InChI is InChI=1S/C6H7BP2/c7-4-2-1-3-5(8)6(4)9/h1-3H,8-9H2. The van der Waals surface area contributed by atoms with Crippen molar-refractivity contribution in [2.45, 2.75) is 0 Å². The van der Waals surface area contributed by atoms with Gasteiger partial charge < -0.3 is 0 Å². The van der Waals surface area contributed by atoms with Gasteiger partial charge in [-0.25, -0.2) is 0 Å². The fourth-order valence-corrected chi connectivity index (χ4v) is 1.07. The minimum atomic E-state index is 0.826. The van der Waals surface area contributed by atoms with Crippen LogP contribution in [0.25, 0.3) is 0 Å². The zero-order chi connectivity index (χ0) is 6.85. The Hall–Kier alpha value is 0.145. The van der Waals surface area contributed by atoms with Crippen LogP contribution >= 0.6 is 18.5 Å². The molecule has 0 aromatic heterocycles. The summed E-state index contributed by atoms with van der Waals surface area (Å²) < 4.78 is 0. The van der Waals surface area contributed by atoms with Crippen LogP contribution in [0.3, 0.4) is 0 Å². The van der Waals surface area contributed by atoms with Crippen LogP contribution in [0.2, 0.25) is 0 Å². The summed E-state index contributed by atoms with van der Waals surface area (Å²) in [7, 11) is 10.8. The smallest absolute Gasteiger partial charge is 0.106 e. The van der Waals surface area contributed by atoms with E-state index in [1.54, 1.807) is 0 Å². The summed E-state index contributed by atoms with van der Waals surface area (Å²) >= 11 is 0. The first kappa shape index (κ1) is 7.25. The Morgan fingerprint density at radius 1 is 1.22 bits per heavy atom. The van der Waals surface area contributed by atoms with Crippen molar-refractivity contribution >= 4 is 42.4 Å². The Bertz CT molecular complexity index is 202. The van der Waals surface area contributed by atoms with E-state index in [1.807, 2.05) is 18.2 Å². The molecule has 0 spiro atoms. The van der Waals surface area contributed by atoms with E-state index in [2.05, 4.69) is 18.5 Å². The molecule has 0 aliphatic heterocycles. The lowest BCUT2D eigenvalue weighted by Gasteiger charge is -2.00. The van der Waals surface area contributed by atoms with E-state index in [0.717, 1.165) is 16.1 Å². The van der Waals surface area contributed by atoms with Crippen molar-refractivity contribution in [1.82, 2.24) is 0 Å². The third kappa shape index (κ3) is 1.54. The summed E-state index contributed by atoms with van der Waals surface area (Å²) in [6.45, 7) is 0. The van der Waals surface area contributed by atoms with Gasteiger partial charge in [0.15, 0.2) is 0 Å². The van der Waals surface area contributed by atoms with Gasteiger partial charge in [0.1, 0.15) is 7.85 Å². The number of rotatable bonds is 0. The highest BCUT2D eigenvalue weighted by molar-refractivity contribution is 7.36. The molecule has 1 aromatic carbocycles. The quantitative estimate of drug-likeness (QED) is 0.346. The summed E-state index contributed by atoms with van der Waals surface area (Å²) in [4.78, 5) is 0. The van der Waals surface area contributed by atoms with Gasteiger partial charge in [-0.1, -0.05) is 23.7 Å². The van der Waals surface area contributed by atoms with Crippen LogP contribution in [0, 0.1) is 0 Å². The van der Waals surface area contributed by atoms with Gasteiger partial charge in [-0.05, 0) is 10.6 Å². The number of hydrogen-bond acceptors (Lipinski definition) is 0. The Morgan fingerprint density at radius 2 is 1.89 bits per heavy atom. The van der Waals surface area contributed by atoms with Gasteiger partial charge in [0.2, 0.25) is 0 Å². The Balaban J connectivity index is 3.25. The van der Waals surface area contributed by atoms with E-state index in [4.69, 9.17) is 7.85 Å². The molecule has 0 amide bonds. The molecule has 1 rings (SSSR count). The van der Waals surface area contributed by atoms with Crippen LogP contribution < -0.4 is 16.1 Å². The lowest BCUT2D eigenvalue weighted by molar-refractivity contribution is 1.89. The number of hydrogen-bond donors (Lipinski definition) is 0. The maximum absolute atomic E-state index is 5.59. The second kappa shape index (κ2) is 2.82. The van der Waals surface area contributed by atoms with Gasteiger partial charge in [-0.3, -0.25) is 0 Å². The first-order chi connectivity index (χ1) is 4.22. The predicted octanol–water partition coefficient (Wildman–Crippen LogP) is -0.519. The van der Waals surface area contributed by atoms with Gasteiger partial charge in [0.05, 0.1) is 0 Å². The minimum absolute atomic E-state index is 0.826. The second-order valence-corrected chi connectivity index (χ2v) is 3.05. The largest absolute Gasteiger partial charge is 0.114 e. The molecule has 0 aliphatic carbocycles. The lowest BCUT2D eigenvalue weighted by Crippen LogP contribution is -2.27. The summed E-state index contributed by atoms with van der Waals surface area (Å²) in [5.74, 6) is 0. The van der Waals surface area contributed by atoms with Crippen LogP contribution in [0.15, 0.2) is 18.2 Å². The van der Waals surface area contributed by atoms with Gasteiger partial charge in [0.25, 0.3) is 0 Å². The van der Waals surface area contributed by atoms with E-state index < -0.39 is 0 Å². The van der Waals surface area contributed by atoms with Crippen molar-refractivity contribution in [3.63, 3.8) is 0 Å². The Kier molecular flexibility index (Phi) is 2.27. The maximum atomic E-state index is 5.59. The molecule has 1 aromatic rings. The molecule has 0 nitrogen and oxygen atoms in total. The van der Waals surface area contributed by atoms with Gasteiger partial charge in [-0.15, -0.1) is 18.5 Å². The van der Waals surface area contributed by atoms with E-state index >= 15 is 0 Å². The molecule has 2 unspecified atom stereocenters. The normalized spacial score (nSPS) is 9.56. The highest BCUT2D eigenvalue weighted by Crippen LogP contribution is 1.88. The molecule has 0 fully saturated rings. The topological polar surface area (TPSA) is 0 Å². The molecular weight excluding hydrogens is 145 g/mol. The minimum Gasteiger partial charge on any atom is -0.106 e. The maximum Gasteiger partial charge on any atom is 0.114 e. The van der Waals surface area contributed by atoms with Crippen LogP contribution in [0.4, 0.5) is 0 Å². The van der Waals surface area contributed by atoms with E-state index in [1.165, 1.54) is 0 Å². The fourth-order valence-electron chi connectivity index (χ4n) is 0.602. The van der Waals surface area contributed by atoms with Crippen LogP contribution in [0.1, 0.15) is 0 Å².